The lowest BCUT2D eigenvalue weighted by atomic mass is 10.1. The monoisotopic (exact) mass is 273 g/mol. The number of nitrogens with zero attached hydrogens (tertiary/aromatic N) is 2. The van der Waals surface area contributed by atoms with Gasteiger partial charge >= 0.3 is 0 Å². The molecule has 0 unspecified atom stereocenters. The highest BCUT2D eigenvalue weighted by Crippen LogP contribution is 2.26. The van der Waals surface area contributed by atoms with E-state index in [4.69, 9.17) is 0 Å². The number of benzene rings is 1. The third kappa shape index (κ3) is 2.48. The Morgan fingerprint density at radius 3 is 2.75 bits per heavy atom. The molecule has 2 heterocycles. The molecule has 1 aromatic carbocycles. The van der Waals surface area contributed by atoms with Crippen LogP contribution in [0.2, 0.25) is 0 Å². The highest BCUT2D eigenvalue weighted by Gasteiger charge is 2.35. The first-order valence-corrected chi connectivity index (χ1v) is 7.13. The van der Waals surface area contributed by atoms with Crippen molar-refractivity contribution in [2.24, 2.45) is 0 Å². The molecule has 1 N–H and O–H groups in total. The summed E-state index contributed by atoms with van der Waals surface area (Å²) >= 11 is 0. The summed E-state index contributed by atoms with van der Waals surface area (Å²) in [6.45, 7) is 2.27. The maximum atomic E-state index is 12.6. The number of carbonyl (C=O) groups excluding carboxylic acids is 2. The van der Waals surface area contributed by atoms with E-state index in [0.717, 1.165) is 25.1 Å². The Balaban J connectivity index is 1.75. The number of para-hydroxylation sites is 1. The lowest BCUT2D eigenvalue weighted by Gasteiger charge is -2.33. The molecular formula is C15H19N3O2. The van der Waals surface area contributed by atoms with E-state index >= 15 is 0 Å². The van der Waals surface area contributed by atoms with Gasteiger partial charge in [-0.3, -0.25) is 9.59 Å². The van der Waals surface area contributed by atoms with Gasteiger partial charge in [-0.25, -0.2) is 0 Å². The lowest BCUT2D eigenvalue weighted by Crippen LogP contribution is -2.54. The molecule has 2 saturated heterocycles. The molecule has 106 valence electrons. The minimum atomic E-state index is -0.122. The average molecular weight is 273 g/mol. The molecule has 0 radical (unpaired) electrons. The second-order valence-corrected chi connectivity index (χ2v) is 5.30. The quantitative estimate of drug-likeness (QED) is 0.859. The van der Waals surface area contributed by atoms with Gasteiger partial charge in [0.2, 0.25) is 11.8 Å². The van der Waals surface area contributed by atoms with Crippen LogP contribution in [-0.4, -0.2) is 48.9 Å². The van der Waals surface area contributed by atoms with E-state index in [1.807, 2.05) is 30.3 Å². The lowest BCUT2D eigenvalue weighted by molar-refractivity contribution is -0.139. The van der Waals surface area contributed by atoms with Gasteiger partial charge in [0, 0.05) is 25.3 Å². The number of amides is 2. The van der Waals surface area contributed by atoms with Gasteiger partial charge < -0.3 is 15.1 Å². The summed E-state index contributed by atoms with van der Waals surface area (Å²) in [5, 5.41) is 2.75. The molecule has 2 fully saturated rings. The molecule has 0 saturated carbocycles. The minimum absolute atomic E-state index is 0.0612. The molecule has 0 spiro atoms. The molecule has 20 heavy (non-hydrogen) atoms. The van der Waals surface area contributed by atoms with E-state index in [9.17, 15) is 9.59 Å². The van der Waals surface area contributed by atoms with E-state index in [1.54, 1.807) is 4.90 Å². The van der Waals surface area contributed by atoms with Crippen LogP contribution in [0.1, 0.15) is 12.8 Å². The van der Waals surface area contributed by atoms with E-state index in [2.05, 4.69) is 10.2 Å². The van der Waals surface area contributed by atoms with Crippen molar-refractivity contribution in [2.75, 3.05) is 31.1 Å². The van der Waals surface area contributed by atoms with Crippen molar-refractivity contribution in [3.8, 4) is 0 Å². The van der Waals surface area contributed by atoms with E-state index < -0.39 is 0 Å². The Labute approximate surface area is 118 Å². The van der Waals surface area contributed by atoms with Crippen molar-refractivity contribution in [1.82, 2.24) is 10.2 Å². The first-order valence-electron chi connectivity index (χ1n) is 7.13. The largest absolute Gasteiger partial charge is 0.360 e. The van der Waals surface area contributed by atoms with Crippen molar-refractivity contribution in [3.05, 3.63) is 30.3 Å². The van der Waals surface area contributed by atoms with Gasteiger partial charge in [0.15, 0.2) is 0 Å². The second-order valence-electron chi connectivity index (χ2n) is 5.30. The Bertz CT molecular complexity index is 503. The van der Waals surface area contributed by atoms with Crippen LogP contribution in [-0.2, 0) is 9.59 Å². The van der Waals surface area contributed by atoms with Crippen molar-refractivity contribution in [3.63, 3.8) is 0 Å². The molecule has 0 bridgehead atoms. The third-order valence-corrected chi connectivity index (χ3v) is 3.98. The van der Waals surface area contributed by atoms with Gasteiger partial charge in [-0.1, -0.05) is 18.2 Å². The van der Waals surface area contributed by atoms with Crippen molar-refractivity contribution < 1.29 is 9.59 Å². The first kappa shape index (κ1) is 13.0. The number of anilines is 1. The van der Waals surface area contributed by atoms with Gasteiger partial charge in [0.1, 0.15) is 6.04 Å². The number of hydrogen-bond acceptors (Lipinski definition) is 3. The molecule has 2 aliphatic rings. The van der Waals surface area contributed by atoms with Crippen LogP contribution in [0.25, 0.3) is 0 Å². The number of rotatable bonds is 2. The number of hydrogen-bond donors (Lipinski definition) is 1. The Morgan fingerprint density at radius 1 is 1.20 bits per heavy atom. The molecule has 2 aliphatic heterocycles. The summed E-state index contributed by atoms with van der Waals surface area (Å²) in [5.74, 6) is 0.0232. The summed E-state index contributed by atoms with van der Waals surface area (Å²) in [6.07, 6.45) is 1.89. The van der Waals surface area contributed by atoms with Crippen molar-refractivity contribution in [1.29, 1.82) is 0 Å². The fraction of sp³-hybridized carbons (Fsp3) is 0.467. The third-order valence-electron chi connectivity index (χ3n) is 3.98. The van der Waals surface area contributed by atoms with Gasteiger partial charge in [-0.15, -0.1) is 0 Å². The Kier molecular flexibility index (Phi) is 3.58. The standard InChI is InChI=1S/C15H19N3O2/c19-14-11-17(10-8-16-14)15(20)13-7-4-9-18(13)12-5-2-1-3-6-12/h1-3,5-6,13H,4,7-11H2,(H,16,19)/t13-/m0/s1. The SMILES string of the molecule is O=C1CN(C(=O)[C@@H]2CCCN2c2ccccc2)CCN1. The van der Waals surface area contributed by atoms with Crippen LogP contribution in [0.3, 0.4) is 0 Å². The summed E-state index contributed by atoms with van der Waals surface area (Å²) in [6, 6.07) is 9.91. The number of nitrogens with one attached hydrogen (secondary N) is 1. The van der Waals surface area contributed by atoms with Crippen LogP contribution in [0, 0.1) is 0 Å². The molecular weight excluding hydrogens is 254 g/mol. The summed E-state index contributed by atoms with van der Waals surface area (Å²) in [5.41, 5.74) is 1.09. The van der Waals surface area contributed by atoms with Gasteiger partial charge in [0.25, 0.3) is 0 Å². The molecule has 3 rings (SSSR count). The Hall–Kier alpha value is -2.04. The molecule has 2 amide bonds. The van der Waals surface area contributed by atoms with E-state index in [0.29, 0.717) is 13.1 Å². The van der Waals surface area contributed by atoms with Crippen LogP contribution in [0.5, 0.6) is 0 Å². The Morgan fingerprint density at radius 2 is 2.00 bits per heavy atom. The highest BCUT2D eigenvalue weighted by atomic mass is 16.2. The van der Waals surface area contributed by atoms with Crippen LogP contribution in [0.4, 0.5) is 5.69 Å². The fourth-order valence-electron chi connectivity index (χ4n) is 2.99. The smallest absolute Gasteiger partial charge is 0.245 e. The average Bonchev–Trinajstić information content (AvgIpc) is 2.97. The minimum Gasteiger partial charge on any atom is -0.360 e. The zero-order valence-corrected chi connectivity index (χ0v) is 11.4. The van der Waals surface area contributed by atoms with Crippen LogP contribution >= 0.6 is 0 Å². The summed E-state index contributed by atoms with van der Waals surface area (Å²) in [4.78, 5) is 27.9. The van der Waals surface area contributed by atoms with Crippen molar-refractivity contribution in [2.45, 2.75) is 18.9 Å². The molecule has 0 aliphatic carbocycles. The second kappa shape index (κ2) is 5.53. The highest BCUT2D eigenvalue weighted by molar-refractivity contribution is 5.90. The number of piperazine rings is 1. The molecule has 1 aromatic rings. The predicted octanol–water partition coefficient (Wildman–Crippen LogP) is 0.614. The summed E-state index contributed by atoms with van der Waals surface area (Å²) < 4.78 is 0. The molecule has 0 aromatic heterocycles. The van der Waals surface area contributed by atoms with Gasteiger partial charge in [0.05, 0.1) is 6.54 Å². The van der Waals surface area contributed by atoms with Crippen molar-refractivity contribution >= 4 is 17.5 Å². The van der Waals surface area contributed by atoms with Crippen LogP contribution < -0.4 is 10.2 Å². The van der Waals surface area contributed by atoms with Gasteiger partial charge in [-0.05, 0) is 25.0 Å². The predicted molar refractivity (Wildman–Crippen MR) is 76.4 cm³/mol. The molecule has 5 nitrogen and oxygen atoms in total. The van der Waals surface area contributed by atoms with Crippen LogP contribution in [0.15, 0.2) is 30.3 Å². The normalized spacial score (nSPS) is 22.8. The molecule has 5 heteroatoms. The van der Waals surface area contributed by atoms with Gasteiger partial charge in [-0.2, -0.15) is 0 Å². The summed E-state index contributed by atoms with van der Waals surface area (Å²) in [7, 11) is 0. The van der Waals surface area contributed by atoms with E-state index in [1.165, 1.54) is 0 Å². The topological polar surface area (TPSA) is 52.7 Å². The first-order chi connectivity index (χ1) is 9.75. The zero-order chi connectivity index (χ0) is 13.9. The zero-order valence-electron chi connectivity index (χ0n) is 11.4. The molecule has 1 atom stereocenters. The number of carbonyl (C=O) groups is 2. The maximum absolute atomic E-state index is 12.6. The fourth-order valence-corrected chi connectivity index (χ4v) is 2.99. The maximum Gasteiger partial charge on any atom is 0.245 e. The van der Waals surface area contributed by atoms with E-state index in [-0.39, 0.29) is 24.4 Å².